The van der Waals surface area contributed by atoms with E-state index in [1.54, 1.807) is 0 Å². The normalized spacial score (nSPS) is 10.6. The van der Waals surface area contributed by atoms with Gasteiger partial charge in [-0.25, -0.2) is 4.98 Å². The summed E-state index contributed by atoms with van der Waals surface area (Å²) in [5.74, 6) is 0. The largest absolute Gasteiger partial charge is 0.333 e. The van der Waals surface area contributed by atoms with Crippen LogP contribution >= 0.6 is 0 Å². The van der Waals surface area contributed by atoms with Gasteiger partial charge in [0.1, 0.15) is 0 Å². The molecule has 0 aliphatic carbocycles. The Morgan fingerprint density at radius 2 is 2.18 bits per heavy atom. The van der Waals surface area contributed by atoms with Crippen molar-refractivity contribution in [2.24, 2.45) is 0 Å². The van der Waals surface area contributed by atoms with Gasteiger partial charge in [-0.05, 0) is 24.1 Å². The van der Waals surface area contributed by atoms with Crippen LogP contribution in [0.2, 0.25) is 0 Å². The zero-order valence-corrected chi connectivity index (χ0v) is 10.3. The molecule has 3 heteroatoms. The fraction of sp³-hybridized carbons (Fsp3) is 0.357. The molecule has 0 fully saturated rings. The summed E-state index contributed by atoms with van der Waals surface area (Å²) in [4.78, 5) is 4.05. The van der Waals surface area contributed by atoms with E-state index in [0.717, 1.165) is 19.6 Å². The van der Waals surface area contributed by atoms with Gasteiger partial charge in [-0.3, -0.25) is 0 Å². The minimum Gasteiger partial charge on any atom is -0.333 e. The van der Waals surface area contributed by atoms with Crippen LogP contribution in [0.3, 0.4) is 0 Å². The molecular formula is C14H19N3. The van der Waals surface area contributed by atoms with Crippen molar-refractivity contribution in [3.63, 3.8) is 0 Å². The summed E-state index contributed by atoms with van der Waals surface area (Å²) in [5.41, 5.74) is 2.66. The average molecular weight is 229 g/mol. The van der Waals surface area contributed by atoms with Gasteiger partial charge in [0, 0.05) is 25.5 Å². The van der Waals surface area contributed by atoms with E-state index in [0.29, 0.717) is 0 Å². The van der Waals surface area contributed by atoms with E-state index in [1.165, 1.54) is 17.5 Å². The standard InChI is InChI=1S/C14H19N3/c1-2-6-15-10-13-4-3-5-14(9-13)11-17-8-7-16-12-17/h3-5,7-9,12,15H,2,6,10-11H2,1H3. The molecule has 0 radical (unpaired) electrons. The van der Waals surface area contributed by atoms with E-state index < -0.39 is 0 Å². The number of aromatic nitrogens is 2. The molecule has 0 atom stereocenters. The molecule has 0 amide bonds. The van der Waals surface area contributed by atoms with Crippen LogP contribution < -0.4 is 5.32 Å². The van der Waals surface area contributed by atoms with Crippen molar-refractivity contribution in [2.75, 3.05) is 6.54 Å². The fourth-order valence-corrected chi connectivity index (χ4v) is 1.84. The lowest BCUT2D eigenvalue weighted by Gasteiger charge is -2.07. The van der Waals surface area contributed by atoms with Gasteiger partial charge in [-0.1, -0.05) is 31.2 Å². The van der Waals surface area contributed by atoms with Gasteiger partial charge in [0.15, 0.2) is 0 Å². The van der Waals surface area contributed by atoms with Gasteiger partial charge in [0.05, 0.1) is 6.33 Å². The Labute approximate surface area is 103 Å². The molecule has 1 N–H and O–H groups in total. The second-order valence-corrected chi connectivity index (χ2v) is 4.23. The van der Waals surface area contributed by atoms with Crippen LogP contribution in [0, 0.1) is 0 Å². The van der Waals surface area contributed by atoms with E-state index in [-0.39, 0.29) is 0 Å². The fourth-order valence-electron chi connectivity index (χ4n) is 1.84. The summed E-state index contributed by atoms with van der Waals surface area (Å²) >= 11 is 0. The second kappa shape index (κ2) is 6.21. The van der Waals surface area contributed by atoms with Crippen LogP contribution in [0.1, 0.15) is 24.5 Å². The molecule has 1 heterocycles. The average Bonchev–Trinajstić information content (AvgIpc) is 2.83. The summed E-state index contributed by atoms with van der Waals surface area (Å²) in [6, 6.07) is 8.70. The molecule has 2 rings (SSSR count). The molecule has 2 aromatic rings. The highest BCUT2D eigenvalue weighted by molar-refractivity contribution is 5.23. The Hall–Kier alpha value is -1.61. The van der Waals surface area contributed by atoms with Crippen molar-refractivity contribution in [1.82, 2.24) is 14.9 Å². The van der Waals surface area contributed by atoms with E-state index >= 15 is 0 Å². The summed E-state index contributed by atoms with van der Waals surface area (Å²) in [6.45, 7) is 5.10. The number of rotatable bonds is 6. The van der Waals surface area contributed by atoms with Gasteiger partial charge in [0.25, 0.3) is 0 Å². The molecule has 90 valence electrons. The lowest BCUT2D eigenvalue weighted by molar-refractivity contribution is 0.674. The van der Waals surface area contributed by atoms with Crippen molar-refractivity contribution in [3.05, 3.63) is 54.1 Å². The first kappa shape index (κ1) is 11.9. The van der Waals surface area contributed by atoms with Crippen LogP contribution in [0.4, 0.5) is 0 Å². The molecule has 0 saturated heterocycles. The number of hydrogen-bond acceptors (Lipinski definition) is 2. The van der Waals surface area contributed by atoms with Crippen LogP contribution in [0.25, 0.3) is 0 Å². The minimum absolute atomic E-state index is 0.890. The number of hydrogen-bond donors (Lipinski definition) is 1. The molecule has 0 aliphatic rings. The Morgan fingerprint density at radius 3 is 2.94 bits per heavy atom. The Balaban J connectivity index is 1.96. The third-order valence-corrected chi connectivity index (χ3v) is 2.67. The summed E-state index contributed by atoms with van der Waals surface area (Å²) < 4.78 is 2.08. The molecule has 0 saturated carbocycles. The van der Waals surface area contributed by atoms with Crippen molar-refractivity contribution < 1.29 is 0 Å². The zero-order chi connectivity index (χ0) is 11.9. The van der Waals surface area contributed by atoms with E-state index in [2.05, 4.69) is 46.1 Å². The van der Waals surface area contributed by atoms with Crippen molar-refractivity contribution >= 4 is 0 Å². The van der Waals surface area contributed by atoms with E-state index in [9.17, 15) is 0 Å². The second-order valence-electron chi connectivity index (χ2n) is 4.23. The smallest absolute Gasteiger partial charge is 0.0949 e. The first-order valence-electron chi connectivity index (χ1n) is 6.13. The van der Waals surface area contributed by atoms with Gasteiger partial charge in [-0.15, -0.1) is 0 Å². The van der Waals surface area contributed by atoms with Crippen LogP contribution in [0.5, 0.6) is 0 Å². The summed E-state index contributed by atoms with van der Waals surface area (Å²) in [7, 11) is 0. The first-order chi connectivity index (χ1) is 8.38. The molecule has 3 nitrogen and oxygen atoms in total. The van der Waals surface area contributed by atoms with Gasteiger partial charge >= 0.3 is 0 Å². The van der Waals surface area contributed by atoms with Crippen molar-refractivity contribution in [2.45, 2.75) is 26.4 Å². The number of imidazole rings is 1. The third-order valence-electron chi connectivity index (χ3n) is 2.67. The van der Waals surface area contributed by atoms with E-state index in [4.69, 9.17) is 0 Å². The lowest BCUT2D eigenvalue weighted by atomic mass is 10.1. The third kappa shape index (κ3) is 3.71. The monoisotopic (exact) mass is 229 g/mol. The highest BCUT2D eigenvalue weighted by Crippen LogP contribution is 2.07. The summed E-state index contributed by atoms with van der Waals surface area (Å²) in [5, 5.41) is 3.42. The molecular weight excluding hydrogens is 210 g/mol. The molecule has 0 aliphatic heterocycles. The molecule has 1 aromatic heterocycles. The molecule has 0 unspecified atom stereocenters. The Bertz CT molecular complexity index is 434. The highest BCUT2D eigenvalue weighted by Gasteiger charge is 1.97. The zero-order valence-electron chi connectivity index (χ0n) is 10.3. The van der Waals surface area contributed by atoms with Crippen molar-refractivity contribution in [1.29, 1.82) is 0 Å². The quantitative estimate of drug-likeness (QED) is 0.771. The van der Waals surface area contributed by atoms with Crippen LogP contribution in [0.15, 0.2) is 43.0 Å². The SMILES string of the molecule is CCCNCc1cccc(Cn2ccnc2)c1. The Kier molecular flexibility index (Phi) is 4.33. The minimum atomic E-state index is 0.890. The maximum atomic E-state index is 4.05. The first-order valence-corrected chi connectivity index (χ1v) is 6.13. The van der Waals surface area contributed by atoms with Gasteiger partial charge in [-0.2, -0.15) is 0 Å². The highest BCUT2D eigenvalue weighted by atomic mass is 15.0. The van der Waals surface area contributed by atoms with Gasteiger partial charge in [0.2, 0.25) is 0 Å². The number of nitrogens with one attached hydrogen (secondary N) is 1. The van der Waals surface area contributed by atoms with Crippen LogP contribution in [-0.2, 0) is 13.1 Å². The lowest BCUT2D eigenvalue weighted by Crippen LogP contribution is -2.13. The van der Waals surface area contributed by atoms with Gasteiger partial charge < -0.3 is 9.88 Å². The Morgan fingerprint density at radius 1 is 1.29 bits per heavy atom. The molecule has 0 bridgehead atoms. The number of nitrogens with zero attached hydrogens (tertiary/aromatic N) is 2. The predicted octanol–water partition coefficient (Wildman–Crippen LogP) is 2.43. The molecule has 17 heavy (non-hydrogen) atoms. The maximum Gasteiger partial charge on any atom is 0.0949 e. The van der Waals surface area contributed by atoms with Crippen molar-refractivity contribution in [3.8, 4) is 0 Å². The van der Waals surface area contributed by atoms with E-state index in [1.807, 2.05) is 18.7 Å². The van der Waals surface area contributed by atoms with Crippen LogP contribution in [-0.4, -0.2) is 16.1 Å². The maximum absolute atomic E-state index is 4.05. The number of benzene rings is 1. The molecule has 1 aromatic carbocycles. The molecule has 0 spiro atoms. The predicted molar refractivity (Wildman–Crippen MR) is 69.8 cm³/mol. The topological polar surface area (TPSA) is 29.9 Å². The summed E-state index contributed by atoms with van der Waals surface area (Å²) in [6.07, 6.45) is 6.82.